The zero-order valence-electron chi connectivity index (χ0n) is 24.9. The van der Waals surface area contributed by atoms with Crippen LogP contribution < -0.4 is 10.1 Å². The van der Waals surface area contributed by atoms with Crippen molar-refractivity contribution in [3.05, 3.63) is 42.4 Å². The van der Waals surface area contributed by atoms with E-state index in [4.69, 9.17) is 13.9 Å². The number of oxazole rings is 1. The molecular formula is C31H46N4O5. The molecule has 9 nitrogen and oxygen atoms in total. The Hall–Kier alpha value is -3.43. The molecule has 3 heterocycles. The van der Waals surface area contributed by atoms with E-state index < -0.39 is 0 Å². The van der Waals surface area contributed by atoms with Gasteiger partial charge in [0, 0.05) is 43.7 Å². The van der Waals surface area contributed by atoms with E-state index in [0.29, 0.717) is 36.2 Å². The van der Waals surface area contributed by atoms with Gasteiger partial charge in [0.2, 0.25) is 5.88 Å². The van der Waals surface area contributed by atoms with Crippen LogP contribution in [0.15, 0.2) is 40.9 Å². The molecule has 9 heteroatoms. The number of Topliss-reactive ketones (excluding diaryl/α,β-unsaturated/α-hetero) is 1. The number of aldehydes is 2. The highest BCUT2D eigenvalue weighted by molar-refractivity contribution is 5.85. The highest BCUT2D eigenvalue weighted by atomic mass is 16.5. The van der Waals surface area contributed by atoms with Gasteiger partial charge in [0.1, 0.15) is 18.4 Å². The Bertz CT molecular complexity index is 1140. The fourth-order valence-corrected chi connectivity index (χ4v) is 3.94. The number of ketones is 1. The van der Waals surface area contributed by atoms with Crippen LogP contribution in [0.25, 0.3) is 22.2 Å². The van der Waals surface area contributed by atoms with Crippen molar-refractivity contribution in [3.8, 4) is 17.2 Å². The minimum atomic E-state index is 0.338. The first kappa shape index (κ1) is 34.6. The number of carbonyl (C=O) groups excluding carboxylic acids is 3. The van der Waals surface area contributed by atoms with Crippen molar-refractivity contribution in [2.75, 3.05) is 41.3 Å². The summed E-state index contributed by atoms with van der Waals surface area (Å²) in [4.78, 5) is 41.1. The van der Waals surface area contributed by atoms with Crippen LogP contribution in [0, 0.1) is 5.92 Å². The maximum Gasteiger partial charge on any atom is 0.224 e. The lowest BCUT2D eigenvalue weighted by Crippen LogP contribution is -2.44. The lowest BCUT2D eigenvalue weighted by Gasteiger charge is -2.31. The number of unbranched alkanes of at least 4 members (excludes halogenated alkanes) is 3. The van der Waals surface area contributed by atoms with Gasteiger partial charge >= 0.3 is 0 Å². The number of rotatable bonds is 11. The van der Waals surface area contributed by atoms with Gasteiger partial charge in [0.15, 0.2) is 11.7 Å². The number of carbonyl (C=O) groups is 3. The van der Waals surface area contributed by atoms with Gasteiger partial charge in [-0.25, -0.2) is 9.97 Å². The lowest BCUT2D eigenvalue weighted by atomic mass is 10.0. The van der Waals surface area contributed by atoms with Crippen LogP contribution in [-0.2, 0) is 20.8 Å². The number of likely N-dealkylation sites (tertiary alicyclic amines) is 1. The number of benzene rings is 1. The molecule has 0 bridgehead atoms. The molecule has 1 aromatic carbocycles. The molecular weight excluding hydrogens is 508 g/mol. The molecule has 0 aliphatic carbocycles. The number of aromatic nitrogens is 2. The summed E-state index contributed by atoms with van der Waals surface area (Å²) in [6.45, 7) is 5.29. The Labute approximate surface area is 238 Å². The van der Waals surface area contributed by atoms with Crippen molar-refractivity contribution < 1.29 is 23.5 Å². The number of fused-ring (bicyclic) bond motifs is 1. The standard InChI is InChI=1S/C22H26N2O3.C5H9NO.C2H7N.C2H4O/c1-3-17(25)11-6-4-5-7-13-21-23-15-20(27-21)18-14-16-10-8-9-12-19(16)24-22(18)26-2;1-6-2-5(3-6)4-7;1-3-2;1-2-3/h8-10,12,14-15H,3-7,11,13H2,1-2H3;4-5H,2-3H2,1H3;3H,1-2H3;2H,1H3. The average Bonchev–Trinajstić information content (AvgIpc) is 3.42. The van der Waals surface area contributed by atoms with Gasteiger partial charge < -0.3 is 29.0 Å². The summed E-state index contributed by atoms with van der Waals surface area (Å²) >= 11 is 0. The molecule has 2 aromatic heterocycles. The van der Waals surface area contributed by atoms with Gasteiger partial charge in [0.25, 0.3) is 0 Å². The fourth-order valence-electron chi connectivity index (χ4n) is 3.94. The van der Waals surface area contributed by atoms with Crippen molar-refractivity contribution in [1.29, 1.82) is 0 Å². The predicted molar refractivity (Wildman–Crippen MR) is 160 cm³/mol. The number of hydrogen-bond donors (Lipinski definition) is 1. The number of hydrogen-bond acceptors (Lipinski definition) is 9. The maximum atomic E-state index is 11.3. The highest BCUT2D eigenvalue weighted by Gasteiger charge is 2.21. The summed E-state index contributed by atoms with van der Waals surface area (Å²) in [5.74, 6) is 2.63. The van der Waals surface area contributed by atoms with Crippen LogP contribution in [0.4, 0.5) is 0 Å². The van der Waals surface area contributed by atoms with Gasteiger partial charge in [-0.1, -0.05) is 38.0 Å². The summed E-state index contributed by atoms with van der Waals surface area (Å²) < 4.78 is 11.4. The van der Waals surface area contributed by atoms with Crippen LogP contribution in [0.5, 0.6) is 5.88 Å². The Kier molecular flexibility index (Phi) is 17.7. The Morgan fingerprint density at radius 3 is 2.38 bits per heavy atom. The zero-order valence-corrected chi connectivity index (χ0v) is 24.9. The highest BCUT2D eigenvalue weighted by Crippen LogP contribution is 2.32. The Morgan fingerprint density at radius 2 is 1.80 bits per heavy atom. The summed E-state index contributed by atoms with van der Waals surface area (Å²) in [7, 11) is 7.38. The predicted octanol–water partition coefficient (Wildman–Crippen LogP) is 5.16. The summed E-state index contributed by atoms with van der Waals surface area (Å²) in [5, 5.41) is 3.79. The summed E-state index contributed by atoms with van der Waals surface area (Å²) in [5.41, 5.74) is 1.70. The van der Waals surface area contributed by atoms with Crippen LogP contribution in [0.1, 0.15) is 58.3 Å². The lowest BCUT2D eigenvalue weighted by molar-refractivity contribution is -0.119. The normalized spacial score (nSPS) is 12.4. The van der Waals surface area contributed by atoms with Crippen LogP contribution in [0.3, 0.4) is 0 Å². The molecule has 1 aliphatic heterocycles. The number of aryl methyl sites for hydroxylation is 1. The Morgan fingerprint density at radius 1 is 1.15 bits per heavy atom. The average molecular weight is 555 g/mol. The molecule has 0 radical (unpaired) electrons. The second-order valence-electron chi connectivity index (χ2n) is 9.52. The van der Waals surface area contributed by atoms with Crippen molar-refractivity contribution in [3.63, 3.8) is 0 Å². The van der Waals surface area contributed by atoms with Crippen molar-refractivity contribution in [2.24, 2.45) is 5.92 Å². The molecule has 0 spiro atoms. The van der Waals surface area contributed by atoms with Crippen LogP contribution in [0.2, 0.25) is 0 Å². The van der Waals surface area contributed by atoms with Gasteiger partial charge in [-0.05, 0) is 53.0 Å². The SMILES string of the molecule is CC=O.CCC(=O)CCCCCCc1ncc(-c2cc3ccccc3nc2OC)o1.CN1CC(C=O)C1.CNC. The zero-order chi connectivity index (χ0) is 29.8. The van der Waals surface area contributed by atoms with Gasteiger partial charge in [0.05, 0.1) is 24.4 Å². The van der Waals surface area contributed by atoms with E-state index >= 15 is 0 Å². The topological polar surface area (TPSA) is 115 Å². The molecule has 40 heavy (non-hydrogen) atoms. The number of pyridine rings is 1. The molecule has 1 saturated heterocycles. The maximum absolute atomic E-state index is 11.3. The minimum absolute atomic E-state index is 0.338. The smallest absolute Gasteiger partial charge is 0.224 e. The molecule has 1 aliphatic rings. The number of nitrogens with zero attached hydrogens (tertiary/aromatic N) is 3. The first-order valence-corrected chi connectivity index (χ1v) is 13.9. The van der Waals surface area contributed by atoms with Crippen molar-refractivity contribution in [1.82, 2.24) is 20.2 Å². The molecule has 1 fully saturated rings. The largest absolute Gasteiger partial charge is 0.480 e. The van der Waals surface area contributed by atoms with E-state index in [1.54, 1.807) is 13.3 Å². The van der Waals surface area contributed by atoms with E-state index in [1.807, 2.05) is 58.4 Å². The quantitative estimate of drug-likeness (QED) is 0.254. The van der Waals surface area contributed by atoms with E-state index in [-0.39, 0.29) is 0 Å². The van der Waals surface area contributed by atoms with Crippen LogP contribution in [-0.4, -0.2) is 74.6 Å². The van der Waals surface area contributed by atoms with Crippen molar-refractivity contribution in [2.45, 2.75) is 58.8 Å². The van der Waals surface area contributed by atoms with Crippen LogP contribution >= 0.6 is 0 Å². The monoisotopic (exact) mass is 554 g/mol. The Balaban J connectivity index is 0.000000510. The number of ether oxygens (including phenoxy) is 1. The number of para-hydroxylation sites is 1. The fraction of sp³-hybridized carbons (Fsp3) is 0.516. The second-order valence-corrected chi connectivity index (χ2v) is 9.52. The van der Waals surface area contributed by atoms with E-state index in [0.717, 1.165) is 80.1 Å². The van der Waals surface area contributed by atoms with E-state index in [2.05, 4.69) is 20.2 Å². The van der Waals surface area contributed by atoms with E-state index in [9.17, 15) is 9.59 Å². The molecule has 3 aromatic rings. The third-order valence-electron chi connectivity index (χ3n) is 5.98. The molecule has 0 amide bonds. The first-order chi connectivity index (χ1) is 19.4. The molecule has 220 valence electrons. The first-order valence-electron chi connectivity index (χ1n) is 13.9. The van der Waals surface area contributed by atoms with E-state index in [1.165, 1.54) is 6.92 Å². The molecule has 0 unspecified atom stereocenters. The van der Waals surface area contributed by atoms with Gasteiger partial charge in [-0.3, -0.25) is 4.79 Å². The molecule has 1 N–H and O–H groups in total. The number of methoxy groups -OCH3 is 1. The third-order valence-corrected chi connectivity index (χ3v) is 5.98. The molecule has 0 atom stereocenters. The van der Waals surface area contributed by atoms with Gasteiger partial charge in [-0.15, -0.1) is 0 Å². The van der Waals surface area contributed by atoms with Gasteiger partial charge in [-0.2, -0.15) is 0 Å². The molecule has 4 rings (SSSR count). The minimum Gasteiger partial charge on any atom is -0.480 e. The third kappa shape index (κ3) is 12.6. The summed E-state index contributed by atoms with van der Waals surface area (Å²) in [6, 6.07) is 9.95. The molecule has 0 saturated carbocycles. The van der Waals surface area contributed by atoms with Crippen molar-refractivity contribution >= 4 is 29.3 Å². The summed E-state index contributed by atoms with van der Waals surface area (Å²) in [6.07, 6.45) is 9.79. The number of nitrogens with one attached hydrogen (secondary N) is 1. The second kappa shape index (κ2) is 20.5.